The summed E-state index contributed by atoms with van der Waals surface area (Å²) in [6.45, 7) is 0. The highest BCUT2D eigenvalue weighted by molar-refractivity contribution is 7.99. The van der Waals surface area contributed by atoms with E-state index in [0.717, 1.165) is 33.9 Å². The van der Waals surface area contributed by atoms with Gasteiger partial charge in [0.25, 0.3) is 0 Å². The Balaban J connectivity index is 1.24. The molecule has 12 heteroatoms. The summed E-state index contributed by atoms with van der Waals surface area (Å²) in [4.78, 5) is 15.7. The zero-order valence-electron chi connectivity index (χ0n) is 16.8. The van der Waals surface area contributed by atoms with E-state index < -0.39 is 0 Å². The molecule has 5 rings (SSSR count). The number of nitrogens with one attached hydrogen (secondary N) is 3. The smallest absolute Gasteiger partial charge is 0.236 e. The minimum absolute atomic E-state index is 0.0704. The van der Waals surface area contributed by atoms with Crippen LogP contribution in [0.4, 0.5) is 5.82 Å². The summed E-state index contributed by atoms with van der Waals surface area (Å²) in [5, 5.41) is 20.4. The quantitative estimate of drug-likeness (QED) is 0.200. The van der Waals surface area contributed by atoms with Gasteiger partial charge in [-0.25, -0.2) is 4.68 Å². The number of nitrogen functional groups attached to an aromatic ring is 1. The molecule has 166 valence electrons. The molecule has 0 unspecified atom stereocenters. The molecule has 33 heavy (non-hydrogen) atoms. The predicted octanol–water partition coefficient (Wildman–Crippen LogP) is 4.57. The van der Waals surface area contributed by atoms with Crippen molar-refractivity contribution in [3.63, 3.8) is 0 Å². The number of carbonyl (C=O) groups excluding carboxylic acids is 1. The summed E-state index contributed by atoms with van der Waals surface area (Å²) in [5.41, 5.74) is 3.41. The Morgan fingerprint density at radius 2 is 1.91 bits per heavy atom. The van der Waals surface area contributed by atoms with Crippen LogP contribution in [-0.4, -0.2) is 41.7 Å². The van der Waals surface area contributed by atoms with Gasteiger partial charge in [-0.15, -0.1) is 10.2 Å². The van der Waals surface area contributed by atoms with Gasteiger partial charge < -0.3 is 16.1 Å². The number of fused-ring (bicyclic) bond motifs is 1. The Morgan fingerprint density at radius 3 is 2.73 bits per heavy atom. The molecule has 1 amide bonds. The molecule has 0 radical (unpaired) electrons. The number of thioether (sulfide) groups is 1. The van der Waals surface area contributed by atoms with Crippen molar-refractivity contribution in [1.82, 2.24) is 30.1 Å². The van der Waals surface area contributed by atoms with E-state index in [-0.39, 0.29) is 11.7 Å². The van der Waals surface area contributed by atoms with Gasteiger partial charge in [0.1, 0.15) is 0 Å². The van der Waals surface area contributed by atoms with Crippen LogP contribution in [-0.2, 0) is 4.79 Å². The highest BCUT2D eigenvalue weighted by Crippen LogP contribution is 2.29. The summed E-state index contributed by atoms with van der Waals surface area (Å²) < 4.78 is 1.30. The van der Waals surface area contributed by atoms with E-state index in [1.807, 2.05) is 30.5 Å². The molecule has 5 N–H and O–H groups in total. The fourth-order valence-corrected chi connectivity index (χ4v) is 4.56. The molecule has 9 nitrogen and oxygen atoms in total. The molecule has 0 spiro atoms. The first kappa shape index (κ1) is 21.4. The standard InChI is InChI=1S/C21H16Cl2N8OS/c22-12-5-11(6-13(23)7-12)20-29-30-21(31(20)24)33-10-19(32)26-18-8-17(27-28-18)15-9-25-16-4-2-1-3-14(15)16/h1-9,25H,10,24H2,(H2,26,27,28,32). The molecule has 0 aliphatic rings. The van der Waals surface area contributed by atoms with Crippen molar-refractivity contribution in [2.24, 2.45) is 0 Å². The van der Waals surface area contributed by atoms with Gasteiger partial charge in [0.2, 0.25) is 11.1 Å². The molecule has 3 heterocycles. The number of nitrogens with two attached hydrogens (primary N) is 1. The van der Waals surface area contributed by atoms with Crippen LogP contribution in [0.2, 0.25) is 10.0 Å². The summed E-state index contributed by atoms with van der Waals surface area (Å²) >= 11 is 13.2. The lowest BCUT2D eigenvalue weighted by Crippen LogP contribution is -2.16. The van der Waals surface area contributed by atoms with E-state index in [1.54, 1.807) is 24.3 Å². The second-order valence-corrected chi connectivity index (χ2v) is 8.90. The number of carbonyl (C=O) groups is 1. The van der Waals surface area contributed by atoms with Gasteiger partial charge >= 0.3 is 0 Å². The van der Waals surface area contributed by atoms with Crippen LogP contribution in [0.25, 0.3) is 33.5 Å². The van der Waals surface area contributed by atoms with Crippen molar-refractivity contribution >= 4 is 57.6 Å². The minimum atomic E-state index is -0.257. The molecule has 2 aromatic carbocycles. The number of para-hydroxylation sites is 1. The van der Waals surface area contributed by atoms with Gasteiger partial charge in [-0.1, -0.05) is 53.2 Å². The number of aromatic amines is 2. The maximum Gasteiger partial charge on any atom is 0.236 e. The molecule has 0 atom stereocenters. The third kappa shape index (κ3) is 4.40. The van der Waals surface area contributed by atoms with Gasteiger partial charge in [0.15, 0.2) is 11.6 Å². The summed E-state index contributed by atoms with van der Waals surface area (Å²) in [7, 11) is 0. The SMILES string of the molecule is Nn1c(SCC(=O)Nc2cc(-c3c[nH]c4ccccc34)[nH]n2)nnc1-c1cc(Cl)cc(Cl)c1. The van der Waals surface area contributed by atoms with E-state index in [0.29, 0.717) is 32.4 Å². The first-order valence-electron chi connectivity index (χ1n) is 9.69. The average molecular weight is 499 g/mol. The Labute approximate surface area is 201 Å². The molecule has 0 bridgehead atoms. The summed E-state index contributed by atoms with van der Waals surface area (Å²) in [6, 6.07) is 14.7. The van der Waals surface area contributed by atoms with Crippen LogP contribution in [0.15, 0.2) is 59.9 Å². The highest BCUT2D eigenvalue weighted by Gasteiger charge is 2.16. The number of anilines is 1. The van der Waals surface area contributed by atoms with Gasteiger partial charge in [-0.3, -0.25) is 9.89 Å². The number of benzene rings is 2. The largest absolute Gasteiger partial charge is 0.360 e. The molecule has 0 aliphatic heterocycles. The number of aromatic nitrogens is 6. The topological polar surface area (TPSA) is 130 Å². The molecule has 0 fully saturated rings. The zero-order chi connectivity index (χ0) is 22.9. The van der Waals surface area contributed by atoms with Gasteiger partial charge in [0.05, 0.1) is 11.4 Å². The second kappa shape index (κ2) is 8.81. The van der Waals surface area contributed by atoms with Gasteiger partial charge in [-0.05, 0) is 24.3 Å². The van der Waals surface area contributed by atoms with Crippen LogP contribution in [0, 0.1) is 0 Å². The Hall–Kier alpha value is -3.47. The molecule has 0 saturated carbocycles. The highest BCUT2D eigenvalue weighted by atomic mass is 35.5. The van der Waals surface area contributed by atoms with E-state index in [2.05, 4.69) is 30.7 Å². The maximum atomic E-state index is 12.4. The normalized spacial score (nSPS) is 11.2. The number of nitrogens with zero attached hydrogens (tertiary/aromatic N) is 4. The molecular formula is C21H16Cl2N8OS. The molecule has 0 aliphatic carbocycles. The number of amides is 1. The van der Waals surface area contributed by atoms with E-state index in [4.69, 9.17) is 29.0 Å². The summed E-state index contributed by atoms with van der Waals surface area (Å²) in [6.07, 6.45) is 1.90. The Bertz CT molecular complexity index is 1450. The van der Waals surface area contributed by atoms with Crippen molar-refractivity contribution in [2.75, 3.05) is 16.9 Å². The first-order valence-corrected chi connectivity index (χ1v) is 11.4. The molecule has 5 aromatic rings. The molecular weight excluding hydrogens is 483 g/mol. The fraction of sp³-hybridized carbons (Fsp3) is 0.0476. The second-order valence-electron chi connectivity index (χ2n) is 7.09. The van der Waals surface area contributed by atoms with Crippen molar-refractivity contribution in [1.29, 1.82) is 0 Å². The van der Waals surface area contributed by atoms with Crippen LogP contribution >= 0.6 is 35.0 Å². The third-order valence-electron chi connectivity index (χ3n) is 4.84. The number of rotatable bonds is 6. The van der Waals surface area contributed by atoms with Crippen LogP contribution < -0.4 is 11.2 Å². The number of halogens is 2. The van der Waals surface area contributed by atoms with Crippen LogP contribution in [0.1, 0.15) is 0 Å². The zero-order valence-corrected chi connectivity index (χ0v) is 19.2. The fourth-order valence-electron chi connectivity index (χ4n) is 3.38. The predicted molar refractivity (Wildman–Crippen MR) is 131 cm³/mol. The van der Waals surface area contributed by atoms with Crippen LogP contribution in [0.5, 0.6) is 0 Å². The molecule has 3 aromatic heterocycles. The van der Waals surface area contributed by atoms with E-state index in [9.17, 15) is 4.79 Å². The van der Waals surface area contributed by atoms with Gasteiger partial charge in [0, 0.05) is 44.3 Å². The first-order chi connectivity index (χ1) is 16.0. The monoisotopic (exact) mass is 498 g/mol. The molecule has 0 saturated heterocycles. The van der Waals surface area contributed by atoms with Crippen molar-refractivity contribution < 1.29 is 4.79 Å². The Kier molecular flexibility index (Phi) is 5.71. The van der Waals surface area contributed by atoms with Crippen molar-refractivity contribution in [3.05, 3.63) is 64.8 Å². The number of hydrogen-bond donors (Lipinski definition) is 4. The van der Waals surface area contributed by atoms with E-state index in [1.165, 1.54) is 4.68 Å². The average Bonchev–Trinajstić information content (AvgIpc) is 3.50. The Morgan fingerprint density at radius 1 is 1.12 bits per heavy atom. The third-order valence-corrected chi connectivity index (χ3v) is 6.22. The summed E-state index contributed by atoms with van der Waals surface area (Å²) in [5.74, 6) is 6.73. The lowest BCUT2D eigenvalue weighted by Gasteiger charge is -2.05. The maximum absolute atomic E-state index is 12.4. The lowest BCUT2D eigenvalue weighted by atomic mass is 10.1. The van der Waals surface area contributed by atoms with Crippen molar-refractivity contribution in [3.8, 4) is 22.6 Å². The minimum Gasteiger partial charge on any atom is -0.360 e. The van der Waals surface area contributed by atoms with E-state index >= 15 is 0 Å². The van der Waals surface area contributed by atoms with Crippen LogP contribution in [0.3, 0.4) is 0 Å². The number of H-pyrrole nitrogens is 2. The van der Waals surface area contributed by atoms with Crippen molar-refractivity contribution in [2.45, 2.75) is 5.16 Å². The lowest BCUT2D eigenvalue weighted by molar-refractivity contribution is -0.113. The van der Waals surface area contributed by atoms with Gasteiger partial charge in [-0.2, -0.15) is 5.10 Å². The number of hydrogen-bond acceptors (Lipinski definition) is 6.